The summed E-state index contributed by atoms with van der Waals surface area (Å²) in [5.74, 6) is 0.759. The van der Waals surface area contributed by atoms with E-state index in [0.717, 1.165) is 16.8 Å². The molecule has 0 N–H and O–H groups in total. The van der Waals surface area contributed by atoms with Crippen molar-refractivity contribution >= 4 is 21.8 Å². The summed E-state index contributed by atoms with van der Waals surface area (Å²) < 4.78 is 32.7. The van der Waals surface area contributed by atoms with Crippen molar-refractivity contribution in [3.63, 3.8) is 0 Å². The lowest BCUT2D eigenvalue weighted by Crippen LogP contribution is -2.04. The standard InChI is InChI=1S/C16H15FN2O2S/c1-19-15-8-5-12(17)9-14(15)18-16(19)22(20)10-11-3-6-13(21-2)7-4-11/h3-9H,10H2,1-2H3. The minimum absolute atomic E-state index is 0.349. The summed E-state index contributed by atoms with van der Waals surface area (Å²) in [7, 11) is 2.08. The molecule has 0 aliphatic heterocycles. The summed E-state index contributed by atoms with van der Waals surface area (Å²) in [6.45, 7) is 0. The average Bonchev–Trinajstić information content (AvgIpc) is 2.84. The smallest absolute Gasteiger partial charge is 0.200 e. The van der Waals surface area contributed by atoms with Gasteiger partial charge in [0.25, 0.3) is 0 Å². The molecule has 3 rings (SSSR count). The molecule has 0 saturated heterocycles. The number of imidazole rings is 1. The molecular formula is C16H15FN2O2S. The first-order valence-corrected chi connectivity index (χ1v) is 8.03. The van der Waals surface area contributed by atoms with Crippen LogP contribution in [0, 0.1) is 5.82 Å². The molecule has 1 unspecified atom stereocenters. The van der Waals surface area contributed by atoms with Crippen molar-refractivity contribution in [1.29, 1.82) is 0 Å². The predicted molar refractivity (Wildman–Crippen MR) is 83.8 cm³/mol. The van der Waals surface area contributed by atoms with E-state index in [1.165, 1.54) is 12.1 Å². The normalized spacial score (nSPS) is 12.5. The topological polar surface area (TPSA) is 44.1 Å². The van der Waals surface area contributed by atoms with Crippen molar-refractivity contribution in [2.75, 3.05) is 7.11 Å². The van der Waals surface area contributed by atoms with Gasteiger partial charge in [0, 0.05) is 13.1 Å². The number of ether oxygens (including phenoxy) is 1. The highest BCUT2D eigenvalue weighted by molar-refractivity contribution is 7.84. The number of aryl methyl sites for hydroxylation is 1. The molecular weight excluding hydrogens is 303 g/mol. The van der Waals surface area contributed by atoms with E-state index in [1.807, 2.05) is 24.3 Å². The van der Waals surface area contributed by atoms with Crippen molar-refractivity contribution in [3.05, 3.63) is 53.8 Å². The molecule has 0 bridgehead atoms. The maximum Gasteiger partial charge on any atom is 0.200 e. The number of nitrogens with zero attached hydrogens (tertiary/aromatic N) is 2. The van der Waals surface area contributed by atoms with Crippen molar-refractivity contribution in [2.45, 2.75) is 10.9 Å². The molecule has 1 heterocycles. The molecule has 0 fully saturated rings. The Balaban J connectivity index is 1.89. The second kappa shape index (κ2) is 5.88. The minimum Gasteiger partial charge on any atom is -0.497 e. The fraction of sp³-hybridized carbons (Fsp3) is 0.188. The Labute approximate surface area is 130 Å². The lowest BCUT2D eigenvalue weighted by Gasteiger charge is -2.04. The van der Waals surface area contributed by atoms with Crippen LogP contribution in [0.5, 0.6) is 5.75 Å². The highest BCUT2D eigenvalue weighted by atomic mass is 32.2. The zero-order valence-electron chi connectivity index (χ0n) is 12.2. The molecule has 0 aliphatic carbocycles. The number of rotatable bonds is 4. The van der Waals surface area contributed by atoms with Crippen LogP contribution >= 0.6 is 0 Å². The summed E-state index contributed by atoms with van der Waals surface area (Å²) in [6, 6.07) is 11.8. The molecule has 0 radical (unpaired) electrons. The molecule has 114 valence electrons. The molecule has 2 aromatic carbocycles. The van der Waals surface area contributed by atoms with Gasteiger partial charge in [0.1, 0.15) is 11.6 Å². The van der Waals surface area contributed by atoms with E-state index < -0.39 is 10.8 Å². The Hall–Kier alpha value is -2.21. The zero-order valence-corrected chi connectivity index (χ0v) is 13.1. The highest BCUT2D eigenvalue weighted by Gasteiger charge is 2.15. The van der Waals surface area contributed by atoms with Crippen molar-refractivity contribution < 1.29 is 13.3 Å². The summed E-state index contributed by atoms with van der Waals surface area (Å²) in [5, 5.41) is 0.441. The molecule has 22 heavy (non-hydrogen) atoms. The van der Waals surface area contributed by atoms with E-state index in [4.69, 9.17) is 4.74 Å². The monoisotopic (exact) mass is 318 g/mol. The van der Waals surface area contributed by atoms with Gasteiger partial charge in [-0.15, -0.1) is 0 Å². The van der Waals surface area contributed by atoms with Gasteiger partial charge in [-0.2, -0.15) is 0 Å². The van der Waals surface area contributed by atoms with Gasteiger partial charge in [-0.25, -0.2) is 9.37 Å². The van der Waals surface area contributed by atoms with Crippen LogP contribution in [-0.4, -0.2) is 20.9 Å². The second-order valence-corrected chi connectivity index (χ2v) is 6.27. The van der Waals surface area contributed by atoms with Crippen LogP contribution in [0.2, 0.25) is 0 Å². The number of fused-ring (bicyclic) bond motifs is 1. The molecule has 6 heteroatoms. The summed E-state index contributed by atoms with van der Waals surface area (Å²) in [6.07, 6.45) is 0. The molecule has 3 aromatic rings. The first kappa shape index (κ1) is 14.7. The second-order valence-electron chi connectivity index (χ2n) is 4.92. The van der Waals surface area contributed by atoms with E-state index in [0.29, 0.717) is 16.4 Å². The predicted octanol–water partition coefficient (Wildman–Crippen LogP) is 3.03. The third-order valence-electron chi connectivity index (χ3n) is 3.46. The average molecular weight is 318 g/mol. The summed E-state index contributed by atoms with van der Waals surface area (Å²) in [5.41, 5.74) is 2.21. The van der Waals surface area contributed by atoms with Gasteiger partial charge in [-0.05, 0) is 29.8 Å². The van der Waals surface area contributed by atoms with E-state index in [9.17, 15) is 8.60 Å². The summed E-state index contributed by atoms with van der Waals surface area (Å²) in [4.78, 5) is 4.30. The van der Waals surface area contributed by atoms with E-state index in [1.54, 1.807) is 24.8 Å². The first-order chi connectivity index (χ1) is 10.6. The number of benzene rings is 2. The fourth-order valence-corrected chi connectivity index (χ4v) is 3.52. The first-order valence-electron chi connectivity index (χ1n) is 6.72. The quantitative estimate of drug-likeness (QED) is 0.743. The van der Waals surface area contributed by atoms with Crippen LogP contribution in [0.1, 0.15) is 5.56 Å². The van der Waals surface area contributed by atoms with Gasteiger partial charge in [-0.3, -0.25) is 4.21 Å². The number of hydrogen-bond acceptors (Lipinski definition) is 3. The van der Waals surface area contributed by atoms with E-state index >= 15 is 0 Å². The van der Waals surface area contributed by atoms with Crippen LogP contribution in [0.3, 0.4) is 0 Å². The van der Waals surface area contributed by atoms with Crippen molar-refractivity contribution in [3.8, 4) is 5.75 Å². The third-order valence-corrected chi connectivity index (χ3v) is 4.83. The van der Waals surface area contributed by atoms with Crippen LogP contribution in [0.25, 0.3) is 11.0 Å². The zero-order chi connectivity index (χ0) is 15.7. The lowest BCUT2D eigenvalue weighted by atomic mass is 10.2. The van der Waals surface area contributed by atoms with E-state index in [-0.39, 0.29) is 5.82 Å². The Kier molecular flexibility index (Phi) is 3.94. The Morgan fingerprint density at radius 3 is 2.64 bits per heavy atom. The van der Waals surface area contributed by atoms with Crippen LogP contribution < -0.4 is 4.74 Å². The molecule has 1 aromatic heterocycles. The van der Waals surface area contributed by atoms with Crippen LogP contribution in [-0.2, 0) is 23.6 Å². The van der Waals surface area contributed by atoms with Crippen molar-refractivity contribution in [2.24, 2.45) is 7.05 Å². The maximum absolute atomic E-state index is 13.3. The molecule has 1 atom stereocenters. The Morgan fingerprint density at radius 1 is 1.23 bits per heavy atom. The molecule has 4 nitrogen and oxygen atoms in total. The molecule has 0 spiro atoms. The van der Waals surface area contributed by atoms with Crippen molar-refractivity contribution in [1.82, 2.24) is 9.55 Å². The SMILES string of the molecule is COc1ccc(CS(=O)c2nc3cc(F)ccc3n2C)cc1. The van der Waals surface area contributed by atoms with Gasteiger partial charge < -0.3 is 9.30 Å². The fourth-order valence-electron chi connectivity index (χ4n) is 2.29. The van der Waals surface area contributed by atoms with E-state index in [2.05, 4.69) is 4.98 Å². The van der Waals surface area contributed by atoms with Gasteiger partial charge in [0.2, 0.25) is 0 Å². The number of halogens is 1. The lowest BCUT2D eigenvalue weighted by molar-refractivity contribution is 0.414. The maximum atomic E-state index is 13.3. The number of methoxy groups -OCH3 is 1. The number of aromatic nitrogens is 2. The minimum atomic E-state index is -1.31. The van der Waals surface area contributed by atoms with Gasteiger partial charge in [0.15, 0.2) is 5.16 Å². The molecule has 0 aliphatic rings. The number of hydrogen-bond donors (Lipinski definition) is 0. The van der Waals surface area contributed by atoms with Crippen LogP contribution in [0.15, 0.2) is 47.6 Å². The van der Waals surface area contributed by atoms with Gasteiger partial charge in [-0.1, -0.05) is 12.1 Å². The molecule has 0 saturated carbocycles. The summed E-state index contributed by atoms with van der Waals surface area (Å²) >= 11 is 0. The Morgan fingerprint density at radius 2 is 1.95 bits per heavy atom. The molecule has 0 amide bonds. The largest absolute Gasteiger partial charge is 0.497 e. The highest BCUT2D eigenvalue weighted by Crippen LogP contribution is 2.20. The van der Waals surface area contributed by atoms with Gasteiger partial charge in [0.05, 0.1) is 34.7 Å². The third kappa shape index (κ3) is 2.74. The van der Waals surface area contributed by atoms with Crippen LogP contribution in [0.4, 0.5) is 4.39 Å². The van der Waals surface area contributed by atoms with Gasteiger partial charge >= 0.3 is 0 Å². The Bertz CT molecular complexity index is 843.